The molecule has 2 fully saturated rings. The Kier molecular flexibility index (Phi) is 5.27. The van der Waals surface area contributed by atoms with Crippen LogP contribution in [0.15, 0.2) is 0 Å². The van der Waals surface area contributed by atoms with E-state index in [-0.39, 0.29) is 6.10 Å². The fourth-order valence-electron chi connectivity index (χ4n) is 3.89. The fourth-order valence-corrected chi connectivity index (χ4v) is 3.89. The van der Waals surface area contributed by atoms with Crippen LogP contribution >= 0.6 is 0 Å². The first-order valence-corrected chi connectivity index (χ1v) is 8.14. The molecule has 0 aromatic heterocycles. The van der Waals surface area contributed by atoms with Gasteiger partial charge in [-0.25, -0.2) is 0 Å². The molecule has 1 aliphatic heterocycles. The van der Waals surface area contributed by atoms with Crippen LogP contribution in [0.2, 0.25) is 0 Å². The van der Waals surface area contributed by atoms with Crippen molar-refractivity contribution in [3.63, 3.8) is 0 Å². The summed E-state index contributed by atoms with van der Waals surface area (Å²) in [6.45, 7) is 11.5. The second kappa shape index (κ2) is 6.55. The third-order valence-corrected chi connectivity index (χ3v) is 5.03. The number of hydrogen-bond acceptors (Lipinski definition) is 3. The van der Waals surface area contributed by atoms with Gasteiger partial charge in [-0.05, 0) is 50.0 Å². The maximum atomic E-state index is 9.61. The molecule has 2 aliphatic rings. The van der Waals surface area contributed by atoms with Crippen molar-refractivity contribution in [2.24, 2.45) is 11.3 Å². The van der Waals surface area contributed by atoms with Crippen molar-refractivity contribution < 1.29 is 5.11 Å². The number of piperidine rings is 1. The van der Waals surface area contributed by atoms with Crippen LogP contribution < -0.4 is 5.32 Å². The van der Waals surface area contributed by atoms with Gasteiger partial charge in [-0.2, -0.15) is 0 Å². The highest BCUT2D eigenvalue weighted by Crippen LogP contribution is 2.39. The van der Waals surface area contributed by atoms with Gasteiger partial charge in [0.2, 0.25) is 0 Å². The molecule has 1 saturated heterocycles. The number of aliphatic hydroxyl groups is 1. The maximum Gasteiger partial charge on any atom is 0.0564 e. The van der Waals surface area contributed by atoms with Crippen LogP contribution in [0.1, 0.15) is 52.9 Å². The summed E-state index contributed by atoms with van der Waals surface area (Å²) in [6.07, 6.45) is 5.87. The van der Waals surface area contributed by atoms with Gasteiger partial charge in [0, 0.05) is 25.7 Å². The van der Waals surface area contributed by atoms with Crippen LogP contribution in [0.4, 0.5) is 0 Å². The van der Waals surface area contributed by atoms with Gasteiger partial charge >= 0.3 is 0 Å². The summed E-state index contributed by atoms with van der Waals surface area (Å²) < 4.78 is 0. The Morgan fingerprint density at radius 1 is 1.21 bits per heavy atom. The zero-order chi connectivity index (χ0) is 13.9. The van der Waals surface area contributed by atoms with Crippen molar-refractivity contribution in [3.8, 4) is 0 Å². The molecule has 0 amide bonds. The second-order valence-corrected chi connectivity index (χ2v) is 7.36. The van der Waals surface area contributed by atoms with Crippen LogP contribution in [0, 0.1) is 11.3 Å². The zero-order valence-electron chi connectivity index (χ0n) is 13.0. The van der Waals surface area contributed by atoms with Crippen molar-refractivity contribution >= 4 is 0 Å². The lowest BCUT2D eigenvalue weighted by Gasteiger charge is -2.44. The predicted octanol–water partition coefficient (Wildman–Crippen LogP) is 2.25. The smallest absolute Gasteiger partial charge is 0.0564 e. The zero-order valence-corrected chi connectivity index (χ0v) is 13.0. The van der Waals surface area contributed by atoms with E-state index in [4.69, 9.17) is 0 Å². The van der Waals surface area contributed by atoms with E-state index in [1.165, 1.54) is 25.8 Å². The molecule has 2 unspecified atom stereocenters. The average Bonchev–Trinajstić information content (AvgIpc) is 2.35. The number of hydrogen-bond donors (Lipinski definition) is 2. The summed E-state index contributed by atoms with van der Waals surface area (Å²) in [5, 5.41) is 13.3. The van der Waals surface area contributed by atoms with E-state index in [2.05, 4.69) is 31.0 Å². The Morgan fingerprint density at radius 2 is 1.89 bits per heavy atom. The molecule has 2 N–H and O–H groups in total. The highest BCUT2D eigenvalue weighted by atomic mass is 16.3. The van der Waals surface area contributed by atoms with Gasteiger partial charge in [0.1, 0.15) is 0 Å². The Balaban J connectivity index is 1.89. The molecule has 3 heteroatoms. The minimum Gasteiger partial charge on any atom is -0.393 e. The van der Waals surface area contributed by atoms with Crippen LogP contribution in [0.5, 0.6) is 0 Å². The topological polar surface area (TPSA) is 35.5 Å². The van der Waals surface area contributed by atoms with E-state index in [1.54, 1.807) is 0 Å². The molecule has 0 spiro atoms. The SMILES string of the molecule is CCNC1CCC(C)(C)CC1CN1CCC(O)CC1. The molecule has 2 atom stereocenters. The maximum absolute atomic E-state index is 9.61. The molecular formula is C16H32N2O. The van der Waals surface area contributed by atoms with Crippen molar-refractivity contribution in [1.29, 1.82) is 0 Å². The molecule has 1 aliphatic carbocycles. The molecule has 1 heterocycles. The largest absolute Gasteiger partial charge is 0.393 e. The predicted molar refractivity (Wildman–Crippen MR) is 80.3 cm³/mol. The summed E-state index contributed by atoms with van der Waals surface area (Å²) in [5.41, 5.74) is 0.506. The van der Waals surface area contributed by atoms with Crippen LogP contribution in [-0.4, -0.2) is 48.3 Å². The number of nitrogens with zero attached hydrogens (tertiary/aromatic N) is 1. The molecule has 19 heavy (non-hydrogen) atoms. The minimum absolute atomic E-state index is 0.0522. The van der Waals surface area contributed by atoms with Crippen molar-refractivity contribution in [2.45, 2.75) is 65.0 Å². The molecule has 112 valence electrons. The lowest BCUT2D eigenvalue weighted by Crippen LogP contribution is -2.49. The Morgan fingerprint density at radius 3 is 2.53 bits per heavy atom. The lowest BCUT2D eigenvalue weighted by atomic mass is 9.69. The highest BCUT2D eigenvalue weighted by molar-refractivity contribution is 4.90. The Hall–Kier alpha value is -0.120. The number of aliphatic hydroxyl groups excluding tert-OH is 1. The Bertz CT molecular complexity index is 272. The third kappa shape index (κ3) is 4.44. The summed E-state index contributed by atoms with van der Waals surface area (Å²) in [6, 6.07) is 0.699. The van der Waals surface area contributed by atoms with E-state index in [0.29, 0.717) is 11.5 Å². The summed E-state index contributed by atoms with van der Waals surface area (Å²) in [4.78, 5) is 2.57. The van der Waals surface area contributed by atoms with Crippen molar-refractivity contribution in [2.75, 3.05) is 26.2 Å². The van der Waals surface area contributed by atoms with Crippen LogP contribution in [0.25, 0.3) is 0 Å². The first kappa shape index (κ1) is 15.3. The first-order valence-electron chi connectivity index (χ1n) is 8.14. The van der Waals surface area contributed by atoms with E-state index in [9.17, 15) is 5.11 Å². The molecule has 0 aromatic rings. The van der Waals surface area contributed by atoms with Crippen molar-refractivity contribution in [3.05, 3.63) is 0 Å². The van der Waals surface area contributed by atoms with Gasteiger partial charge in [0.25, 0.3) is 0 Å². The number of nitrogens with one attached hydrogen (secondary N) is 1. The van der Waals surface area contributed by atoms with E-state index >= 15 is 0 Å². The monoisotopic (exact) mass is 268 g/mol. The van der Waals surface area contributed by atoms with Gasteiger partial charge in [-0.3, -0.25) is 0 Å². The Labute approximate surface area is 118 Å². The molecule has 0 radical (unpaired) electrons. The molecule has 3 nitrogen and oxygen atoms in total. The minimum atomic E-state index is -0.0522. The van der Waals surface area contributed by atoms with Gasteiger partial charge in [-0.15, -0.1) is 0 Å². The highest BCUT2D eigenvalue weighted by Gasteiger charge is 2.35. The number of rotatable bonds is 4. The third-order valence-electron chi connectivity index (χ3n) is 5.03. The van der Waals surface area contributed by atoms with E-state index < -0.39 is 0 Å². The molecule has 0 aromatic carbocycles. The van der Waals surface area contributed by atoms with E-state index in [0.717, 1.165) is 38.4 Å². The summed E-state index contributed by atoms with van der Waals surface area (Å²) in [5.74, 6) is 0.777. The molecule has 2 rings (SSSR count). The molecule has 1 saturated carbocycles. The normalized spacial score (nSPS) is 33.5. The van der Waals surface area contributed by atoms with Crippen molar-refractivity contribution in [1.82, 2.24) is 10.2 Å². The summed E-state index contributed by atoms with van der Waals surface area (Å²) in [7, 11) is 0. The van der Waals surface area contributed by atoms with Crippen LogP contribution in [-0.2, 0) is 0 Å². The number of likely N-dealkylation sites (tertiary alicyclic amines) is 1. The molecular weight excluding hydrogens is 236 g/mol. The van der Waals surface area contributed by atoms with Crippen LogP contribution in [0.3, 0.4) is 0 Å². The standard InChI is InChI=1S/C16H32N2O/c1-4-17-15-5-8-16(2,3)11-13(15)12-18-9-6-14(19)7-10-18/h13-15,17,19H,4-12H2,1-3H3. The first-order chi connectivity index (χ1) is 9.00. The van der Waals surface area contributed by atoms with Gasteiger partial charge in [0.15, 0.2) is 0 Å². The fraction of sp³-hybridized carbons (Fsp3) is 1.00. The van der Waals surface area contributed by atoms with Gasteiger partial charge < -0.3 is 15.3 Å². The molecule has 0 bridgehead atoms. The summed E-state index contributed by atoms with van der Waals surface area (Å²) >= 11 is 0. The van der Waals surface area contributed by atoms with Gasteiger partial charge in [-0.1, -0.05) is 20.8 Å². The lowest BCUT2D eigenvalue weighted by molar-refractivity contribution is 0.0513. The van der Waals surface area contributed by atoms with Gasteiger partial charge in [0.05, 0.1) is 6.10 Å². The quantitative estimate of drug-likeness (QED) is 0.821. The second-order valence-electron chi connectivity index (χ2n) is 7.36. The van der Waals surface area contributed by atoms with E-state index in [1.807, 2.05) is 0 Å². The average molecular weight is 268 g/mol.